The zero-order valence-electron chi connectivity index (χ0n) is 21.1. The molecule has 3 heteroatoms. The first-order chi connectivity index (χ1) is 15.3. The molecule has 0 radical (unpaired) electrons. The molecule has 33 heavy (non-hydrogen) atoms. The number of hydrogen-bond acceptors (Lipinski definition) is 3. The summed E-state index contributed by atoms with van der Waals surface area (Å²) >= 11 is 0. The first kappa shape index (κ1) is 23.2. The second-order valence-electron chi connectivity index (χ2n) is 10.7. The second kappa shape index (κ2) is 7.55. The van der Waals surface area contributed by atoms with Gasteiger partial charge in [0.1, 0.15) is 17.2 Å². The summed E-state index contributed by atoms with van der Waals surface area (Å²) in [4.78, 5) is 0. The van der Waals surface area contributed by atoms with Gasteiger partial charge in [-0.3, -0.25) is 0 Å². The van der Waals surface area contributed by atoms with Gasteiger partial charge in [0.25, 0.3) is 0 Å². The third-order valence-corrected chi connectivity index (χ3v) is 8.26. The Morgan fingerprint density at radius 3 is 1.36 bits per heavy atom. The molecule has 0 bridgehead atoms. The van der Waals surface area contributed by atoms with Crippen molar-refractivity contribution in [2.45, 2.75) is 79.1 Å². The Morgan fingerprint density at radius 1 is 0.545 bits per heavy atom. The van der Waals surface area contributed by atoms with Crippen molar-refractivity contribution in [1.29, 1.82) is 0 Å². The van der Waals surface area contributed by atoms with E-state index in [1.165, 1.54) is 22.3 Å². The van der Waals surface area contributed by atoms with Crippen LogP contribution in [0.4, 0.5) is 0 Å². The van der Waals surface area contributed by atoms with Crippen LogP contribution in [0.1, 0.15) is 82.3 Å². The molecule has 0 unspecified atom stereocenters. The Bertz CT molecular complexity index is 1240. The van der Waals surface area contributed by atoms with Crippen LogP contribution in [0.2, 0.25) is 0 Å². The van der Waals surface area contributed by atoms with Crippen LogP contribution in [0.15, 0.2) is 30.3 Å². The van der Waals surface area contributed by atoms with Crippen LogP contribution in [0, 0.1) is 41.5 Å². The fraction of sp³-hybridized carbons (Fsp3) is 0.400. The molecule has 4 rings (SSSR count). The molecule has 3 aromatic rings. The SMILES string of the molecule is Cc1cc([C@]2(C)CC[C@](C)(c3cc(C)c(O)c(C)c3)c3cc(C)c(O)c(C)c32)cc(C)c1O. The van der Waals surface area contributed by atoms with E-state index < -0.39 is 0 Å². The molecule has 0 saturated heterocycles. The molecule has 0 saturated carbocycles. The molecule has 0 aromatic heterocycles. The molecule has 3 N–H and O–H groups in total. The van der Waals surface area contributed by atoms with E-state index in [2.05, 4.69) is 44.2 Å². The number of aromatic hydroxyl groups is 3. The normalized spacial score (nSPS) is 22.3. The van der Waals surface area contributed by atoms with Gasteiger partial charge in [-0.2, -0.15) is 0 Å². The van der Waals surface area contributed by atoms with E-state index in [-0.39, 0.29) is 10.8 Å². The molecule has 3 aromatic carbocycles. The molecular weight excluding hydrogens is 408 g/mol. The van der Waals surface area contributed by atoms with Crippen LogP contribution >= 0.6 is 0 Å². The van der Waals surface area contributed by atoms with E-state index in [0.717, 1.165) is 46.2 Å². The molecule has 0 fully saturated rings. The Hall–Kier alpha value is -2.94. The van der Waals surface area contributed by atoms with Crippen molar-refractivity contribution in [3.63, 3.8) is 0 Å². The minimum Gasteiger partial charge on any atom is -0.507 e. The highest BCUT2D eigenvalue weighted by Gasteiger charge is 2.46. The fourth-order valence-electron chi connectivity index (χ4n) is 6.02. The van der Waals surface area contributed by atoms with Crippen molar-refractivity contribution in [2.75, 3.05) is 0 Å². The topological polar surface area (TPSA) is 60.7 Å². The summed E-state index contributed by atoms with van der Waals surface area (Å²) in [5.74, 6) is 1.06. The van der Waals surface area contributed by atoms with Crippen molar-refractivity contribution >= 4 is 0 Å². The Kier molecular flexibility index (Phi) is 5.31. The molecule has 0 amide bonds. The zero-order chi connectivity index (χ0) is 24.5. The first-order valence-corrected chi connectivity index (χ1v) is 11.8. The largest absolute Gasteiger partial charge is 0.507 e. The van der Waals surface area contributed by atoms with Gasteiger partial charge in [0, 0.05) is 10.8 Å². The van der Waals surface area contributed by atoms with Gasteiger partial charge in [0.15, 0.2) is 0 Å². The monoisotopic (exact) mass is 444 g/mol. The summed E-state index contributed by atoms with van der Waals surface area (Å²) in [6.45, 7) is 16.4. The quantitative estimate of drug-likeness (QED) is 0.396. The van der Waals surface area contributed by atoms with Gasteiger partial charge in [-0.05, 0) is 110 Å². The summed E-state index contributed by atoms with van der Waals surface area (Å²) in [5.41, 5.74) is 9.56. The molecule has 174 valence electrons. The molecule has 2 atom stereocenters. The molecule has 0 heterocycles. The van der Waals surface area contributed by atoms with E-state index in [4.69, 9.17) is 0 Å². The zero-order valence-corrected chi connectivity index (χ0v) is 21.1. The smallest absolute Gasteiger partial charge is 0.121 e. The Morgan fingerprint density at radius 2 is 0.909 bits per heavy atom. The van der Waals surface area contributed by atoms with Crippen LogP contribution in [-0.4, -0.2) is 15.3 Å². The lowest BCUT2D eigenvalue weighted by Gasteiger charge is -2.47. The van der Waals surface area contributed by atoms with Gasteiger partial charge in [-0.1, -0.05) is 44.2 Å². The highest BCUT2D eigenvalue weighted by Crippen LogP contribution is 2.55. The van der Waals surface area contributed by atoms with Crippen molar-refractivity contribution in [3.05, 3.63) is 86.0 Å². The van der Waals surface area contributed by atoms with Crippen LogP contribution < -0.4 is 0 Å². The lowest BCUT2D eigenvalue weighted by molar-refractivity contribution is 0.361. The summed E-state index contributed by atoms with van der Waals surface area (Å²) in [6, 6.07) is 10.6. The van der Waals surface area contributed by atoms with Crippen LogP contribution in [0.5, 0.6) is 17.2 Å². The maximum absolute atomic E-state index is 11.0. The molecular formula is C30H36O3. The predicted octanol–water partition coefficient (Wildman–Crippen LogP) is 7.06. The maximum atomic E-state index is 11.0. The van der Waals surface area contributed by atoms with E-state index in [0.29, 0.717) is 17.2 Å². The minimum absolute atomic E-state index is 0.248. The van der Waals surface area contributed by atoms with Gasteiger partial charge in [-0.15, -0.1) is 0 Å². The number of benzene rings is 3. The molecule has 1 aliphatic carbocycles. The van der Waals surface area contributed by atoms with Crippen LogP contribution in [-0.2, 0) is 10.8 Å². The van der Waals surface area contributed by atoms with E-state index in [9.17, 15) is 15.3 Å². The highest BCUT2D eigenvalue weighted by molar-refractivity contribution is 5.62. The third kappa shape index (κ3) is 3.32. The predicted molar refractivity (Wildman–Crippen MR) is 135 cm³/mol. The average molecular weight is 445 g/mol. The third-order valence-electron chi connectivity index (χ3n) is 8.26. The number of rotatable bonds is 2. The van der Waals surface area contributed by atoms with Crippen LogP contribution in [0.25, 0.3) is 0 Å². The molecule has 0 aliphatic heterocycles. The second-order valence-corrected chi connectivity index (χ2v) is 10.7. The van der Waals surface area contributed by atoms with Gasteiger partial charge < -0.3 is 15.3 Å². The number of fused-ring (bicyclic) bond motifs is 1. The van der Waals surface area contributed by atoms with Crippen molar-refractivity contribution < 1.29 is 15.3 Å². The van der Waals surface area contributed by atoms with Crippen LogP contribution in [0.3, 0.4) is 0 Å². The highest BCUT2D eigenvalue weighted by atomic mass is 16.3. The lowest BCUT2D eigenvalue weighted by Crippen LogP contribution is -2.40. The van der Waals surface area contributed by atoms with Gasteiger partial charge in [0.2, 0.25) is 0 Å². The standard InChI is InChI=1S/C30H36O3/c1-16-11-22(12-17(2)26(16)31)29(7)9-10-30(8,23-13-18(3)27(32)19(4)14-23)25-21(6)28(33)20(5)15-24(25)29/h11-15,31-33H,9-10H2,1-8H3/t29-,30+/m1/s1. The minimum atomic E-state index is -0.297. The molecule has 1 aliphatic rings. The fourth-order valence-corrected chi connectivity index (χ4v) is 6.02. The lowest BCUT2D eigenvalue weighted by atomic mass is 9.56. The number of phenols is 3. The van der Waals surface area contributed by atoms with Crippen molar-refractivity contribution in [1.82, 2.24) is 0 Å². The van der Waals surface area contributed by atoms with Gasteiger partial charge >= 0.3 is 0 Å². The summed E-state index contributed by atoms with van der Waals surface area (Å²) in [7, 11) is 0. The number of phenolic OH excluding ortho intramolecular Hbond substituents is 3. The number of aryl methyl sites for hydroxylation is 5. The van der Waals surface area contributed by atoms with Gasteiger partial charge in [0.05, 0.1) is 0 Å². The summed E-state index contributed by atoms with van der Waals surface area (Å²) in [5, 5.41) is 31.8. The van der Waals surface area contributed by atoms with E-state index >= 15 is 0 Å². The molecule has 0 spiro atoms. The Balaban J connectivity index is 2.05. The average Bonchev–Trinajstić information content (AvgIpc) is 2.76. The van der Waals surface area contributed by atoms with Crippen molar-refractivity contribution in [3.8, 4) is 17.2 Å². The van der Waals surface area contributed by atoms with E-state index in [1.807, 2.05) is 41.5 Å². The van der Waals surface area contributed by atoms with E-state index in [1.54, 1.807) is 0 Å². The summed E-state index contributed by atoms with van der Waals surface area (Å²) < 4.78 is 0. The molecule has 3 nitrogen and oxygen atoms in total. The maximum Gasteiger partial charge on any atom is 0.121 e. The first-order valence-electron chi connectivity index (χ1n) is 11.8. The summed E-state index contributed by atoms with van der Waals surface area (Å²) in [6.07, 6.45) is 1.84. The van der Waals surface area contributed by atoms with Gasteiger partial charge in [-0.25, -0.2) is 0 Å². The number of hydrogen-bond donors (Lipinski definition) is 3. The Labute approximate surface area is 197 Å². The van der Waals surface area contributed by atoms with Crippen molar-refractivity contribution in [2.24, 2.45) is 0 Å².